The average Bonchev–Trinajstić information content (AvgIpc) is 2.19. The summed E-state index contributed by atoms with van der Waals surface area (Å²) in [6, 6.07) is 4.05. The van der Waals surface area contributed by atoms with E-state index in [2.05, 4.69) is 4.74 Å². The van der Waals surface area contributed by atoms with Crippen molar-refractivity contribution in [2.75, 3.05) is 0 Å². The summed E-state index contributed by atoms with van der Waals surface area (Å²) in [7, 11) is 0. The number of halogens is 2. The zero-order valence-corrected chi connectivity index (χ0v) is 8.11. The molecule has 0 N–H and O–H groups in total. The molecule has 0 unspecified atom stereocenters. The standard InChI is InChI=1S/C9H6F2N2O3/c1-5-2-3-6(4-12)7(13(14)15)8(5)16-9(10)11/h2-3,9H,1H3. The van der Waals surface area contributed by atoms with E-state index in [1.165, 1.54) is 19.1 Å². The Morgan fingerprint density at radius 1 is 1.56 bits per heavy atom. The topological polar surface area (TPSA) is 76.2 Å². The second-order valence-corrected chi connectivity index (χ2v) is 2.86. The van der Waals surface area contributed by atoms with Gasteiger partial charge in [0.1, 0.15) is 11.6 Å². The average molecular weight is 228 g/mol. The predicted octanol–water partition coefficient (Wildman–Crippen LogP) is 2.38. The van der Waals surface area contributed by atoms with Crippen LogP contribution in [0.15, 0.2) is 12.1 Å². The number of nitrogens with zero attached hydrogens (tertiary/aromatic N) is 2. The van der Waals surface area contributed by atoms with Gasteiger partial charge < -0.3 is 4.74 Å². The summed E-state index contributed by atoms with van der Waals surface area (Å²) in [5, 5.41) is 19.3. The molecule has 0 atom stereocenters. The molecule has 0 bridgehead atoms. The predicted molar refractivity (Wildman–Crippen MR) is 49.2 cm³/mol. The van der Waals surface area contributed by atoms with Crippen molar-refractivity contribution in [2.45, 2.75) is 13.5 Å². The highest BCUT2D eigenvalue weighted by Gasteiger charge is 2.25. The van der Waals surface area contributed by atoms with E-state index in [9.17, 15) is 18.9 Å². The normalized spacial score (nSPS) is 9.94. The van der Waals surface area contributed by atoms with Gasteiger partial charge in [-0.05, 0) is 18.6 Å². The van der Waals surface area contributed by atoms with Crippen LogP contribution in [0.25, 0.3) is 0 Å². The van der Waals surface area contributed by atoms with E-state index in [4.69, 9.17) is 5.26 Å². The molecule has 1 rings (SSSR count). The number of hydrogen-bond acceptors (Lipinski definition) is 4. The van der Waals surface area contributed by atoms with E-state index in [0.717, 1.165) is 0 Å². The van der Waals surface area contributed by atoms with Crippen molar-refractivity contribution in [3.63, 3.8) is 0 Å². The lowest BCUT2D eigenvalue weighted by atomic mass is 10.1. The van der Waals surface area contributed by atoms with Crippen LogP contribution in [0.5, 0.6) is 5.75 Å². The Labute approximate surface area is 89.0 Å². The first-order chi connectivity index (χ1) is 7.47. The maximum Gasteiger partial charge on any atom is 0.387 e. The Morgan fingerprint density at radius 2 is 2.19 bits per heavy atom. The molecule has 16 heavy (non-hydrogen) atoms. The number of benzene rings is 1. The van der Waals surface area contributed by atoms with Crippen molar-refractivity contribution in [1.29, 1.82) is 5.26 Å². The molecule has 0 aliphatic carbocycles. The van der Waals surface area contributed by atoms with Gasteiger partial charge in [0.25, 0.3) is 0 Å². The molecule has 0 aliphatic rings. The molecule has 0 aromatic heterocycles. The Balaban J connectivity index is 3.43. The van der Waals surface area contributed by atoms with Crippen molar-refractivity contribution in [2.24, 2.45) is 0 Å². The van der Waals surface area contributed by atoms with Crippen LogP contribution in [-0.4, -0.2) is 11.5 Å². The SMILES string of the molecule is Cc1ccc(C#N)c([N+](=O)[O-])c1OC(F)F. The lowest BCUT2D eigenvalue weighted by Crippen LogP contribution is -2.07. The van der Waals surface area contributed by atoms with Crippen molar-refractivity contribution in [3.8, 4) is 11.8 Å². The number of nitriles is 1. The lowest BCUT2D eigenvalue weighted by Gasteiger charge is -2.08. The minimum Gasteiger partial charge on any atom is -0.427 e. The number of aryl methyl sites for hydroxylation is 1. The van der Waals surface area contributed by atoms with Crippen molar-refractivity contribution >= 4 is 5.69 Å². The fraction of sp³-hybridized carbons (Fsp3) is 0.222. The number of hydrogen-bond donors (Lipinski definition) is 0. The lowest BCUT2D eigenvalue weighted by molar-refractivity contribution is -0.386. The maximum absolute atomic E-state index is 12.1. The van der Waals surface area contributed by atoms with Crippen LogP contribution in [0.1, 0.15) is 11.1 Å². The van der Waals surface area contributed by atoms with Gasteiger partial charge >= 0.3 is 12.3 Å². The molecule has 0 fully saturated rings. The minimum absolute atomic E-state index is 0.172. The summed E-state index contributed by atoms with van der Waals surface area (Å²) >= 11 is 0. The minimum atomic E-state index is -3.17. The third kappa shape index (κ3) is 2.23. The maximum atomic E-state index is 12.1. The second-order valence-electron chi connectivity index (χ2n) is 2.86. The van der Waals surface area contributed by atoms with Gasteiger partial charge in [0.05, 0.1) is 4.92 Å². The molecule has 0 radical (unpaired) electrons. The molecule has 7 heteroatoms. The van der Waals surface area contributed by atoms with Gasteiger partial charge in [-0.15, -0.1) is 0 Å². The van der Waals surface area contributed by atoms with Crippen LogP contribution in [0.3, 0.4) is 0 Å². The van der Waals surface area contributed by atoms with Gasteiger partial charge in [-0.25, -0.2) is 0 Å². The van der Waals surface area contributed by atoms with Gasteiger partial charge in [0, 0.05) is 0 Å². The second kappa shape index (κ2) is 4.53. The van der Waals surface area contributed by atoms with Gasteiger partial charge in [-0.2, -0.15) is 14.0 Å². The summed E-state index contributed by atoms with van der Waals surface area (Å²) in [6.45, 7) is -1.79. The van der Waals surface area contributed by atoms with E-state index in [0.29, 0.717) is 0 Å². The molecular formula is C9H6F2N2O3. The molecule has 0 heterocycles. The van der Waals surface area contributed by atoms with Crippen LogP contribution in [-0.2, 0) is 0 Å². The van der Waals surface area contributed by atoms with E-state index in [1.54, 1.807) is 6.07 Å². The third-order valence-electron chi connectivity index (χ3n) is 1.84. The zero-order valence-electron chi connectivity index (χ0n) is 8.11. The smallest absolute Gasteiger partial charge is 0.387 e. The molecule has 0 saturated carbocycles. The molecular weight excluding hydrogens is 222 g/mol. The van der Waals surface area contributed by atoms with Gasteiger partial charge in [-0.1, -0.05) is 6.07 Å². The molecule has 1 aromatic carbocycles. The van der Waals surface area contributed by atoms with Crippen molar-refractivity contribution in [1.82, 2.24) is 0 Å². The molecule has 1 aromatic rings. The number of nitro groups is 1. The number of nitro benzene ring substituents is 1. The Bertz CT molecular complexity index is 469. The Hall–Kier alpha value is -2.23. The van der Waals surface area contributed by atoms with E-state index < -0.39 is 23.0 Å². The first kappa shape index (κ1) is 11.8. The number of rotatable bonds is 3. The van der Waals surface area contributed by atoms with Crippen LogP contribution in [0.2, 0.25) is 0 Å². The number of alkyl halides is 2. The summed E-state index contributed by atoms with van der Waals surface area (Å²) < 4.78 is 28.2. The number of ether oxygens (including phenoxy) is 1. The highest BCUT2D eigenvalue weighted by atomic mass is 19.3. The highest BCUT2D eigenvalue weighted by Crippen LogP contribution is 2.34. The fourth-order valence-electron chi connectivity index (χ4n) is 1.18. The largest absolute Gasteiger partial charge is 0.427 e. The quantitative estimate of drug-likeness (QED) is 0.587. The van der Waals surface area contributed by atoms with Crippen LogP contribution in [0, 0.1) is 28.4 Å². The van der Waals surface area contributed by atoms with E-state index in [1.807, 2.05) is 0 Å². The molecule has 0 aliphatic heterocycles. The molecule has 0 amide bonds. The molecule has 84 valence electrons. The van der Waals surface area contributed by atoms with Crippen LogP contribution in [0.4, 0.5) is 14.5 Å². The van der Waals surface area contributed by atoms with E-state index >= 15 is 0 Å². The van der Waals surface area contributed by atoms with Crippen molar-refractivity contribution in [3.05, 3.63) is 33.4 Å². The molecule has 5 nitrogen and oxygen atoms in total. The first-order valence-electron chi connectivity index (χ1n) is 4.10. The zero-order chi connectivity index (χ0) is 12.3. The summed E-state index contributed by atoms with van der Waals surface area (Å²) in [4.78, 5) is 9.75. The fourth-order valence-corrected chi connectivity index (χ4v) is 1.18. The highest BCUT2D eigenvalue weighted by molar-refractivity contribution is 5.61. The van der Waals surface area contributed by atoms with Gasteiger partial charge in [-0.3, -0.25) is 10.1 Å². The monoisotopic (exact) mass is 228 g/mol. The van der Waals surface area contributed by atoms with Gasteiger partial charge in [0.2, 0.25) is 5.75 Å². The Morgan fingerprint density at radius 3 is 2.62 bits per heavy atom. The summed E-state index contributed by atoms with van der Waals surface area (Å²) in [5.41, 5.74) is -0.875. The Kier molecular flexibility index (Phi) is 3.35. The van der Waals surface area contributed by atoms with Crippen LogP contribution < -0.4 is 4.74 Å². The van der Waals surface area contributed by atoms with E-state index in [-0.39, 0.29) is 11.1 Å². The third-order valence-corrected chi connectivity index (χ3v) is 1.84. The van der Waals surface area contributed by atoms with Crippen LogP contribution >= 0.6 is 0 Å². The summed E-state index contributed by atoms with van der Waals surface area (Å²) in [6.07, 6.45) is 0. The first-order valence-corrected chi connectivity index (χ1v) is 4.10. The summed E-state index contributed by atoms with van der Waals surface area (Å²) in [5.74, 6) is -0.570. The van der Waals surface area contributed by atoms with Gasteiger partial charge in [0.15, 0.2) is 0 Å². The molecule has 0 spiro atoms. The van der Waals surface area contributed by atoms with Crippen molar-refractivity contribution < 1.29 is 18.4 Å². The molecule has 0 saturated heterocycles.